The highest BCUT2D eigenvalue weighted by molar-refractivity contribution is 6.15. The number of phenols is 2. The number of carbonyl (C=O) groups is 5. The van der Waals surface area contributed by atoms with Crippen molar-refractivity contribution in [3.05, 3.63) is 119 Å². The second-order valence-corrected chi connectivity index (χ2v) is 11.1. The highest BCUT2D eigenvalue weighted by atomic mass is 16.5. The second-order valence-electron chi connectivity index (χ2n) is 11.1. The van der Waals surface area contributed by atoms with E-state index >= 15 is 0 Å². The van der Waals surface area contributed by atoms with Crippen LogP contribution < -0.4 is 26.7 Å². The molecular formula is C38H42N4O11. The molecule has 53 heavy (non-hydrogen) atoms. The van der Waals surface area contributed by atoms with Crippen molar-refractivity contribution in [1.82, 2.24) is 0 Å². The van der Waals surface area contributed by atoms with Gasteiger partial charge >= 0.3 is 11.9 Å². The lowest BCUT2D eigenvalue weighted by Gasteiger charge is -2.14. The molecular weight excluding hydrogens is 688 g/mol. The van der Waals surface area contributed by atoms with Crippen molar-refractivity contribution in [1.29, 1.82) is 0 Å². The minimum atomic E-state index is -1.17. The van der Waals surface area contributed by atoms with Gasteiger partial charge < -0.3 is 47.1 Å². The van der Waals surface area contributed by atoms with Crippen LogP contribution in [0.4, 0.5) is 0 Å². The van der Waals surface area contributed by atoms with Crippen LogP contribution in [-0.4, -0.2) is 82.0 Å². The molecule has 15 nitrogen and oxygen atoms in total. The van der Waals surface area contributed by atoms with E-state index in [0.29, 0.717) is 33.9 Å². The number of aliphatic carboxylic acids is 2. The van der Waals surface area contributed by atoms with Crippen molar-refractivity contribution >= 4 is 35.2 Å². The Bertz CT molecular complexity index is 1880. The number of hydrogen-bond donors (Lipinski definition) is 7. The van der Waals surface area contributed by atoms with Gasteiger partial charge in [-0.05, 0) is 37.1 Å². The number of carbonyl (C=O) groups excluding carboxylic acids is 3. The molecule has 0 spiro atoms. The molecule has 2 atom stereocenters. The molecule has 0 aliphatic carbocycles. The number of hydrogen-bond acceptors (Lipinski definition) is 11. The average molecular weight is 731 g/mol. The van der Waals surface area contributed by atoms with Crippen LogP contribution in [0.5, 0.6) is 23.0 Å². The molecule has 280 valence electrons. The zero-order valence-corrected chi connectivity index (χ0v) is 29.0. The molecule has 0 saturated heterocycles. The molecule has 0 fully saturated rings. The van der Waals surface area contributed by atoms with E-state index < -0.39 is 35.8 Å². The number of phenolic OH excluding ortho intramolecular Hbond substituents is 2. The Labute approximate surface area is 305 Å². The quantitative estimate of drug-likeness (QED) is 0.0686. The predicted molar refractivity (Wildman–Crippen MR) is 195 cm³/mol. The van der Waals surface area contributed by atoms with Gasteiger partial charge in [0.15, 0.2) is 5.78 Å². The number of methoxy groups -OCH3 is 2. The molecule has 0 saturated carbocycles. The fourth-order valence-corrected chi connectivity index (χ4v) is 4.41. The summed E-state index contributed by atoms with van der Waals surface area (Å²) in [5.74, 6) is -2.80. The van der Waals surface area contributed by atoms with Gasteiger partial charge in [0.2, 0.25) is 11.8 Å². The lowest BCUT2D eigenvalue weighted by molar-refractivity contribution is -0.139. The monoisotopic (exact) mass is 730 g/mol. The van der Waals surface area contributed by atoms with Crippen LogP contribution in [0, 0.1) is 0 Å². The normalized spacial score (nSPS) is 11.6. The molecule has 15 heteroatoms. The number of ketones is 1. The summed E-state index contributed by atoms with van der Waals surface area (Å²) >= 11 is 0. The standard InChI is InChI=1S/C19H20N2O5.C14H12O3.C5H10N2O3/c1-26-13-7-8-14(16(22)11-13)18(12-5-3-2-4-6-12)21-15(19(24)25)9-10-17(20)23;1-17-11-7-8-12(13(15)9-11)14(16)10-5-3-2-4-6-10;6-3(5(9)10)1-2-4(7)8/h2-8,11,15,22H,9-10H2,1H3,(H2,20,23)(H,24,25);2-9,15H,1H3;3H,1-2,6H2,(H2,7,8)(H,9,10). The summed E-state index contributed by atoms with van der Waals surface area (Å²) in [5.41, 5.74) is 17.1. The first-order valence-electron chi connectivity index (χ1n) is 15.9. The molecule has 4 aromatic rings. The van der Waals surface area contributed by atoms with Gasteiger partial charge in [0.1, 0.15) is 35.1 Å². The fraction of sp³-hybridized carbons (Fsp3) is 0.211. The number of ether oxygens (including phenoxy) is 2. The summed E-state index contributed by atoms with van der Waals surface area (Å²) in [7, 11) is 2.98. The van der Waals surface area contributed by atoms with Crippen molar-refractivity contribution in [2.24, 2.45) is 22.2 Å². The van der Waals surface area contributed by atoms with Gasteiger partial charge in [-0.15, -0.1) is 0 Å². The van der Waals surface area contributed by atoms with Gasteiger partial charge in [-0.3, -0.25) is 24.2 Å². The van der Waals surface area contributed by atoms with E-state index in [1.54, 1.807) is 72.8 Å². The zero-order chi connectivity index (χ0) is 39.5. The first kappa shape index (κ1) is 42.4. The number of carboxylic acids is 2. The second kappa shape index (κ2) is 21.5. The van der Waals surface area contributed by atoms with E-state index in [4.69, 9.17) is 31.8 Å². The molecule has 0 aliphatic rings. The van der Waals surface area contributed by atoms with Crippen molar-refractivity contribution in [2.45, 2.75) is 37.8 Å². The number of benzene rings is 4. The highest BCUT2D eigenvalue weighted by Crippen LogP contribution is 2.27. The van der Waals surface area contributed by atoms with E-state index in [2.05, 4.69) is 4.99 Å². The lowest BCUT2D eigenvalue weighted by atomic mass is 10.00. The van der Waals surface area contributed by atoms with Crippen LogP contribution in [0.25, 0.3) is 0 Å². The Morgan fingerprint density at radius 3 is 1.51 bits per heavy atom. The Morgan fingerprint density at radius 2 is 1.09 bits per heavy atom. The molecule has 4 rings (SSSR count). The summed E-state index contributed by atoms with van der Waals surface area (Å²) in [4.78, 5) is 59.1. The minimum Gasteiger partial charge on any atom is -0.507 e. The van der Waals surface area contributed by atoms with Crippen LogP contribution >= 0.6 is 0 Å². The number of primary amides is 2. The van der Waals surface area contributed by atoms with Gasteiger partial charge in [-0.1, -0.05) is 60.7 Å². The number of aromatic hydroxyl groups is 2. The van der Waals surface area contributed by atoms with E-state index in [9.17, 15) is 39.3 Å². The Balaban J connectivity index is 0.000000308. The molecule has 0 heterocycles. The summed E-state index contributed by atoms with van der Waals surface area (Å²) in [6.45, 7) is 0. The van der Waals surface area contributed by atoms with Crippen LogP contribution in [0.2, 0.25) is 0 Å². The van der Waals surface area contributed by atoms with E-state index in [1.807, 2.05) is 12.1 Å². The molecule has 0 radical (unpaired) electrons. The maximum absolute atomic E-state index is 12.1. The summed E-state index contributed by atoms with van der Waals surface area (Å²) in [5, 5.41) is 37.8. The minimum absolute atomic E-state index is 0.0213. The zero-order valence-electron chi connectivity index (χ0n) is 29.0. The molecule has 0 aliphatic heterocycles. The molecule has 4 aromatic carbocycles. The lowest BCUT2D eigenvalue weighted by Crippen LogP contribution is -2.31. The third kappa shape index (κ3) is 14.2. The van der Waals surface area contributed by atoms with Crippen molar-refractivity contribution in [3.63, 3.8) is 0 Å². The Kier molecular flexibility index (Phi) is 17.2. The van der Waals surface area contributed by atoms with Gasteiger partial charge in [-0.2, -0.15) is 0 Å². The van der Waals surface area contributed by atoms with Gasteiger partial charge in [-0.25, -0.2) is 4.79 Å². The molecule has 0 bridgehead atoms. The molecule has 2 amide bonds. The first-order chi connectivity index (χ1) is 25.2. The number of rotatable bonds is 15. The van der Waals surface area contributed by atoms with Crippen molar-refractivity contribution in [2.75, 3.05) is 14.2 Å². The van der Waals surface area contributed by atoms with Crippen molar-refractivity contribution in [3.8, 4) is 23.0 Å². The van der Waals surface area contributed by atoms with E-state index in [-0.39, 0.29) is 48.5 Å². The number of aliphatic imine (C=N–C) groups is 1. The molecule has 2 unspecified atom stereocenters. The van der Waals surface area contributed by atoms with Gasteiger partial charge in [0.05, 0.1) is 25.5 Å². The van der Waals surface area contributed by atoms with Gasteiger partial charge in [0, 0.05) is 41.7 Å². The van der Waals surface area contributed by atoms with Crippen molar-refractivity contribution < 1.29 is 53.9 Å². The maximum Gasteiger partial charge on any atom is 0.328 e. The Morgan fingerprint density at radius 1 is 0.642 bits per heavy atom. The summed E-state index contributed by atoms with van der Waals surface area (Å²) in [6, 6.07) is 24.9. The van der Waals surface area contributed by atoms with E-state index in [0.717, 1.165) is 0 Å². The van der Waals surface area contributed by atoms with E-state index in [1.165, 1.54) is 26.4 Å². The fourth-order valence-electron chi connectivity index (χ4n) is 4.41. The first-order valence-corrected chi connectivity index (χ1v) is 15.9. The van der Waals surface area contributed by atoms with Crippen LogP contribution in [-0.2, 0) is 19.2 Å². The number of amides is 2. The third-order valence-corrected chi connectivity index (χ3v) is 7.25. The highest BCUT2D eigenvalue weighted by Gasteiger charge is 2.21. The summed E-state index contributed by atoms with van der Waals surface area (Å²) in [6.07, 6.45) is -0.00676. The largest absolute Gasteiger partial charge is 0.507 e. The number of nitrogens with zero attached hydrogens (tertiary/aromatic N) is 1. The number of nitrogens with two attached hydrogens (primary N) is 3. The summed E-state index contributed by atoms with van der Waals surface area (Å²) < 4.78 is 10.0. The Hall–Kier alpha value is -6.74. The molecule has 0 aromatic heterocycles. The maximum atomic E-state index is 12.1. The average Bonchev–Trinajstić information content (AvgIpc) is 3.14. The van der Waals surface area contributed by atoms with Crippen LogP contribution in [0.1, 0.15) is 52.7 Å². The SMILES string of the molecule is COc1ccc(C(=NC(CCC(N)=O)C(=O)O)c2ccccc2)c(O)c1.COc1ccc(C(=O)c2ccccc2)c(O)c1.NC(=O)CCC(N)C(=O)O. The third-order valence-electron chi connectivity index (χ3n) is 7.25. The predicted octanol–water partition coefficient (Wildman–Crippen LogP) is 3.25. The smallest absolute Gasteiger partial charge is 0.328 e. The van der Waals surface area contributed by atoms with Gasteiger partial charge in [0.25, 0.3) is 0 Å². The topological polar surface area (TPSA) is 275 Å². The molecule has 10 N–H and O–H groups in total. The van der Waals surface area contributed by atoms with Crippen LogP contribution in [0.15, 0.2) is 102 Å². The van der Waals surface area contributed by atoms with Crippen LogP contribution in [0.3, 0.4) is 0 Å². The number of carboxylic acid groups (broad SMARTS) is 2.